The molecule has 0 saturated carbocycles. The molecule has 0 fully saturated rings. The summed E-state index contributed by atoms with van der Waals surface area (Å²) < 4.78 is 37.9. The number of fused-ring (bicyclic) bond motifs is 2. The number of carbonyl (C=O) groups is 1. The number of sulfone groups is 1. The Hall–Kier alpha value is -4.97. The molecule has 0 radical (unpaired) electrons. The van der Waals surface area contributed by atoms with Gasteiger partial charge in [0.05, 0.1) is 40.2 Å². The van der Waals surface area contributed by atoms with Crippen LogP contribution < -0.4 is 5.32 Å². The van der Waals surface area contributed by atoms with Crippen molar-refractivity contribution in [1.29, 1.82) is 0 Å². The lowest BCUT2D eigenvalue weighted by molar-refractivity contribution is -0.116. The quantitative estimate of drug-likeness (QED) is 0.194. The number of pyridine rings is 3. The average molecular weight is 598 g/mol. The summed E-state index contributed by atoms with van der Waals surface area (Å²) >= 11 is 0. The van der Waals surface area contributed by atoms with Crippen LogP contribution in [0.4, 0.5) is 10.1 Å². The number of aromatic nitrogens is 6. The molecular weight excluding hydrogens is 569 g/mol. The fraction of sp³-hybridized carbons (Fsp3) is 0.194. The van der Waals surface area contributed by atoms with Gasteiger partial charge in [-0.05, 0) is 66.9 Å². The zero-order valence-corrected chi connectivity index (χ0v) is 24.3. The van der Waals surface area contributed by atoms with Crippen molar-refractivity contribution in [2.75, 3.05) is 17.3 Å². The van der Waals surface area contributed by atoms with Crippen LogP contribution in [-0.2, 0) is 21.1 Å². The Balaban J connectivity index is 1.37. The summed E-state index contributed by atoms with van der Waals surface area (Å²) in [5.74, 6) is -0.608. The highest BCUT2D eigenvalue weighted by molar-refractivity contribution is 7.90. The van der Waals surface area contributed by atoms with Crippen molar-refractivity contribution in [1.82, 2.24) is 30.1 Å². The summed E-state index contributed by atoms with van der Waals surface area (Å²) in [6, 6.07) is 13.8. The van der Waals surface area contributed by atoms with Gasteiger partial charge in [0, 0.05) is 47.1 Å². The van der Waals surface area contributed by atoms with Crippen LogP contribution >= 0.6 is 0 Å². The number of carbonyl (C=O) groups excluding carboxylic acids is 1. The predicted octanol–water partition coefficient (Wildman–Crippen LogP) is 5.70. The summed E-state index contributed by atoms with van der Waals surface area (Å²) in [6.45, 7) is 1.95. The first kappa shape index (κ1) is 28.2. The van der Waals surface area contributed by atoms with E-state index in [0.717, 1.165) is 34.7 Å². The molecule has 1 amide bonds. The SMILES string of the molecule is CCCC(=O)Nc1cncc(-c2ccc3[nH]nc(-c4cc5c(-c6cc(F)cc(CCS(C)(=O)=O)c6)nccc5[nH]4)c3n2)c1. The van der Waals surface area contributed by atoms with E-state index in [4.69, 9.17) is 4.98 Å². The molecule has 6 rings (SSSR count). The first-order valence-electron chi connectivity index (χ1n) is 13.7. The van der Waals surface area contributed by atoms with Crippen LogP contribution in [0.2, 0.25) is 0 Å². The van der Waals surface area contributed by atoms with Crippen molar-refractivity contribution >= 4 is 43.4 Å². The summed E-state index contributed by atoms with van der Waals surface area (Å²) in [6.07, 6.45) is 7.47. The van der Waals surface area contributed by atoms with Crippen LogP contribution in [0.3, 0.4) is 0 Å². The van der Waals surface area contributed by atoms with Gasteiger partial charge < -0.3 is 10.3 Å². The predicted molar refractivity (Wildman–Crippen MR) is 165 cm³/mol. The Labute approximate surface area is 246 Å². The summed E-state index contributed by atoms with van der Waals surface area (Å²) in [5, 5.41) is 11.2. The number of aromatic amines is 2. The van der Waals surface area contributed by atoms with Crippen molar-refractivity contribution < 1.29 is 17.6 Å². The van der Waals surface area contributed by atoms with E-state index in [1.54, 1.807) is 24.7 Å². The van der Waals surface area contributed by atoms with Crippen LogP contribution in [0.5, 0.6) is 0 Å². The van der Waals surface area contributed by atoms with Crippen LogP contribution in [0.1, 0.15) is 25.3 Å². The van der Waals surface area contributed by atoms with Crippen LogP contribution in [0.25, 0.3) is 55.8 Å². The van der Waals surface area contributed by atoms with Crippen molar-refractivity contribution in [2.45, 2.75) is 26.2 Å². The number of benzene rings is 1. The number of aryl methyl sites for hydroxylation is 1. The minimum Gasteiger partial charge on any atom is -0.353 e. The minimum absolute atomic E-state index is 0.0713. The standard InChI is InChI=1S/C31H28FN7O3S/c1-3-4-28(40)35-22-14-20(16-33-17-22)24-5-6-26-30(37-24)31(39-38-26)27-15-23-25(36-27)7-9-34-29(23)19-11-18(12-21(32)13-19)8-10-43(2,41)42/h5-7,9,11-17,36H,3-4,8,10H2,1-2H3,(H,35,40)(H,38,39). The molecule has 0 bridgehead atoms. The number of nitrogens with one attached hydrogen (secondary N) is 3. The molecule has 0 aliphatic rings. The lowest BCUT2D eigenvalue weighted by Gasteiger charge is -2.07. The number of nitrogens with zero attached hydrogens (tertiary/aromatic N) is 4. The van der Waals surface area contributed by atoms with Crippen LogP contribution in [0, 0.1) is 5.82 Å². The van der Waals surface area contributed by atoms with E-state index in [-0.39, 0.29) is 18.1 Å². The monoisotopic (exact) mass is 597 g/mol. The topological polar surface area (TPSA) is 146 Å². The lowest BCUT2D eigenvalue weighted by atomic mass is 10.0. The highest BCUT2D eigenvalue weighted by atomic mass is 32.2. The second-order valence-electron chi connectivity index (χ2n) is 10.5. The molecule has 1 aromatic carbocycles. The Morgan fingerprint density at radius 3 is 2.67 bits per heavy atom. The smallest absolute Gasteiger partial charge is 0.224 e. The normalized spacial score (nSPS) is 11.8. The van der Waals surface area contributed by atoms with Gasteiger partial charge in [-0.3, -0.25) is 19.9 Å². The van der Waals surface area contributed by atoms with Gasteiger partial charge in [-0.2, -0.15) is 5.10 Å². The molecule has 5 aromatic heterocycles. The van der Waals surface area contributed by atoms with Gasteiger partial charge in [0.2, 0.25) is 5.91 Å². The second-order valence-corrected chi connectivity index (χ2v) is 12.7. The first-order valence-corrected chi connectivity index (χ1v) is 15.8. The Morgan fingerprint density at radius 1 is 1.00 bits per heavy atom. The molecule has 5 heterocycles. The highest BCUT2D eigenvalue weighted by Gasteiger charge is 2.17. The van der Waals surface area contributed by atoms with Gasteiger partial charge in [-0.1, -0.05) is 6.92 Å². The van der Waals surface area contributed by atoms with E-state index in [0.29, 0.717) is 51.5 Å². The number of hydrogen-bond donors (Lipinski definition) is 3. The molecule has 0 atom stereocenters. The summed E-state index contributed by atoms with van der Waals surface area (Å²) in [4.78, 5) is 29.1. The fourth-order valence-electron chi connectivity index (χ4n) is 4.99. The summed E-state index contributed by atoms with van der Waals surface area (Å²) in [7, 11) is -3.20. The van der Waals surface area contributed by atoms with Crippen LogP contribution in [0.15, 0.2) is 67.1 Å². The van der Waals surface area contributed by atoms with Gasteiger partial charge in [-0.15, -0.1) is 0 Å². The molecule has 0 saturated heterocycles. The molecule has 0 aliphatic heterocycles. The van der Waals surface area contributed by atoms with Gasteiger partial charge in [0.25, 0.3) is 0 Å². The maximum absolute atomic E-state index is 14.6. The molecule has 218 valence electrons. The fourth-order valence-corrected chi connectivity index (χ4v) is 5.60. The number of amides is 1. The molecule has 10 nitrogen and oxygen atoms in total. The third-order valence-electron chi connectivity index (χ3n) is 7.00. The van der Waals surface area contributed by atoms with Crippen molar-refractivity contribution in [3.05, 3.63) is 78.5 Å². The third-order valence-corrected chi connectivity index (χ3v) is 7.94. The van der Waals surface area contributed by atoms with Gasteiger partial charge in [0.15, 0.2) is 0 Å². The van der Waals surface area contributed by atoms with Gasteiger partial charge in [0.1, 0.15) is 26.9 Å². The number of halogens is 1. The molecule has 0 aliphatic carbocycles. The van der Waals surface area contributed by atoms with Crippen molar-refractivity contribution in [2.24, 2.45) is 0 Å². The van der Waals surface area contributed by atoms with Crippen molar-refractivity contribution in [3.8, 4) is 33.9 Å². The molecule has 12 heteroatoms. The Bertz CT molecular complexity index is 2100. The largest absolute Gasteiger partial charge is 0.353 e. The first-order chi connectivity index (χ1) is 20.7. The van der Waals surface area contributed by atoms with Gasteiger partial charge in [-0.25, -0.2) is 17.8 Å². The second kappa shape index (κ2) is 11.4. The van der Waals surface area contributed by atoms with E-state index >= 15 is 0 Å². The zero-order valence-electron chi connectivity index (χ0n) is 23.5. The summed E-state index contributed by atoms with van der Waals surface area (Å²) in [5.41, 5.74) is 7.09. The van der Waals surface area contributed by atoms with Gasteiger partial charge >= 0.3 is 0 Å². The molecule has 6 aromatic rings. The maximum Gasteiger partial charge on any atom is 0.224 e. The van der Waals surface area contributed by atoms with Crippen molar-refractivity contribution in [3.63, 3.8) is 0 Å². The maximum atomic E-state index is 14.6. The number of anilines is 1. The highest BCUT2D eigenvalue weighted by Crippen LogP contribution is 2.34. The van der Waals surface area contributed by atoms with E-state index < -0.39 is 15.7 Å². The van der Waals surface area contributed by atoms with E-state index in [1.165, 1.54) is 12.1 Å². The third kappa shape index (κ3) is 6.14. The Morgan fingerprint density at radius 2 is 1.86 bits per heavy atom. The lowest BCUT2D eigenvalue weighted by Crippen LogP contribution is -2.10. The molecule has 0 unspecified atom stereocenters. The average Bonchev–Trinajstić information content (AvgIpc) is 3.59. The number of rotatable bonds is 9. The zero-order chi connectivity index (χ0) is 30.1. The Kier molecular flexibility index (Phi) is 7.45. The molecular formula is C31H28FN7O3S. The molecule has 43 heavy (non-hydrogen) atoms. The number of H-pyrrole nitrogens is 2. The van der Waals surface area contributed by atoms with E-state index in [1.807, 2.05) is 37.3 Å². The minimum atomic E-state index is -3.20. The van der Waals surface area contributed by atoms with E-state index in [9.17, 15) is 17.6 Å². The molecule has 3 N–H and O–H groups in total. The molecule has 0 spiro atoms. The van der Waals surface area contributed by atoms with Crippen LogP contribution in [-0.4, -0.2) is 56.5 Å². The number of hydrogen-bond acceptors (Lipinski definition) is 7. The van der Waals surface area contributed by atoms with E-state index in [2.05, 4.69) is 30.5 Å².